The lowest BCUT2D eigenvalue weighted by Gasteiger charge is -2.40. The van der Waals surface area contributed by atoms with Gasteiger partial charge in [-0.05, 0) is 38.1 Å². The Balaban J connectivity index is 0.00000272. The molecule has 2 fully saturated rings. The summed E-state index contributed by atoms with van der Waals surface area (Å²) in [4.78, 5) is 14.1. The molecular weight excluding hydrogens is 472 g/mol. The van der Waals surface area contributed by atoms with Gasteiger partial charge >= 0.3 is 0 Å². The highest BCUT2D eigenvalue weighted by molar-refractivity contribution is 7.93. The van der Waals surface area contributed by atoms with E-state index in [2.05, 4.69) is 5.32 Å². The van der Waals surface area contributed by atoms with Crippen molar-refractivity contribution >= 4 is 46.0 Å². The fourth-order valence-corrected chi connectivity index (χ4v) is 5.50. The maximum Gasteiger partial charge on any atom is 0.243 e. The van der Waals surface area contributed by atoms with E-state index < -0.39 is 21.4 Å². The Labute approximate surface area is 191 Å². The predicted molar refractivity (Wildman–Crippen MR) is 116 cm³/mol. The van der Waals surface area contributed by atoms with E-state index in [4.69, 9.17) is 16.3 Å². The summed E-state index contributed by atoms with van der Waals surface area (Å²) in [7, 11) is -3.96. The second-order valence-corrected chi connectivity index (χ2v) is 10.2. The van der Waals surface area contributed by atoms with Gasteiger partial charge in [-0.25, -0.2) is 12.8 Å². The third kappa shape index (κ3) is 4.99. The van der Waals surface area contributed by atoms with E-state index in [0.717, 1.165) is 10.4 Å². The summed E-state index contributed by atoms with van der Waals surface area (Å²) in [5.41, 5.74) is -0.670. The summed E-state index contributed by atoms with van der Waals surface area (Å²) < 4.78 is 46.4. The molecule has 172 valence electrons. The largest absolute Gasteiger partial charge is 0.487 e. The number of halogens is 3. The van der Waals surface area contributed by atoms with Crippen molar-refractivity contribution in [3.8, 4) is 5.75 Å². The minimum atomic E-state index is -3.96. The van der Waals surface area contributed by atoms with Crippen LogP contribution in [0.25, 0.3) is 6.08 Å². The molecule has 0 aliphatic carbocycles. The molecule has 3 heterocycles. The second kappa shape index (κ2) is 9.21. The molecule has 4 rings (SSSR count). The van der Waals surface area contributed by atoms with Gasteiger partial charge in [-0.1, -0.05) is 11.6 Å². The third-order valence-electron chi connectivity index (χ3n) is 5.71. The highest BCUT2D eigenvalue weighted by Crippen LogP contribution is 2.33. The number of aliphatic hydroxyl groups is 1. The molecule has 2 N–H and O–H groups in total. The molecule has 12 heteroatoms. The fourth-order valence-electron chi connectivity index (χ4n) is 3.93. The molecule has 8 nitrogen and oxygen atoms in total. The number of nitrogens with zero attached hydrogens (tertiary/aromatic N) is 2. The number of sulfonamides is 1. The molecule has 0 unspecified atom stereocenters. The zero-order valence-electron chi connectivity index (χ0n) is 16.6. The van der Waals surface area contributed by atoms with Gasteiger partial charge in [-0.2, -0.15) is 4.31 Å². The van der Waals surface area contributed by atoms with Gasteiger partial charge in [0.2, 0.25) is 15.9 Å². The van der Waals surface area contributed by atoms with Crippen LogP contribution in [0.2, 0.25) is 5.02 Å². The summed E-state index contributed by atoms with van der Waals surface area (Å²) in [6.45, 7) is 1.33. The Morgan fingerprint density at radius 3 is 2.65 bits per heavy atom. The first kappa shape index (κ1) is 24.2. The molecule has 1 amide bonds. The predicted octanol–water partition coefficient (Wildman–Crippen LogP) is 1.22. The Morgan fingerprint density at radius 2 is 1.97 bits per heavy atom. The van der Waals surface area contributed by atoms with Crippen LogP contribution in [0.1, 0.15) is 18.4 Å². The summed E-state index contributed by atoms with van der Waals surface area (Å²) >= 11 is 5.74. The third-order valence-corrected chi connectivity index (χ3v) is 7.89. The van der Waals surface area contributed by atoms with Gasteiger partial charge in [0.05, 0.1) is 22.1 Å². The van der Waals surface area contributed by atoms with E-state index >= 15 is 0 Å². The SMILES string of the molecule is Cl.O=C1CN(S(=O)(=O)C2=Cc3cc(F)c(Cl)cc3OC2)CCN1CC1(O)CCNCC1. The van der Waals surface area contributed by atoms with Gasteiger partial charge in [0.25, 0.3) is 0 Å². The number of β-amino-alcohol motifs (C(OH)–C–C–N with tert-alkyl or cyclic N) is 1. The molecule has 3 aliphatic rings. The van der Waals surface area contributed by atoms with Gasteiger partial charge in [-0.3, -0.25) is 4.79 Å². The van der Waals surface area contributed by atoms with Gasteiger partial charge in [0.1, 0.15) is 18.2 Å². The number of ether oxygens (including phenoxy) is 1. The summed E-state index contributed by atoms with van der Waals surface area (Å²) in [5, 5.41) is 13.7. The van der Waals surface area contributed by atoms with Crippen molar-refractivity contribution in [1.29, 1.82) is 0 Å². The molecule has 2 saturated heterocycles. The van der Waals surface area contributed by atoms with Gasteiger partial charge in [-0.15, -0.1) is 12.4 Å². The number of piperazine rings is 1. The number of carbonyl (C=O) groups is 1. The number of benzene rings is 1. The van der Waals surface area contributed by atoms with E-state index in [1.165, 1.54) is 17.0 Å². The number of carbonyl (C=O) groups excluding carboxylic acids is 1. The number of hydrogen-bond donors (Lipinski definition) is 2. The van der Waals surface area contributed by atoms with Crippen LogP contribution in [-0.2, 0) is 14.8 Å². The molecule has 0 radical (unpaired) electrons. The lowest BCUT2D eigenvalue weighted by molar-refractivity contribution is -0.139. The van der Waals surface area contributed by atoms with Crippen molar-refractivity contribution in [3.05, 3.63) is 33.4 Å². The van der Waals surface area contributed by atoms with Crippen molar-refractivity contribution in [2.45, 2.75) is 18.4 Å². The minimum Gasteiger partial charge on any atom is -0.487 e. The second-order valence-electron chi connectivity index (χ2n) is 7.83. The summed E-state index contributed by atoms with van der Waals surface area (Å²) in [5.74, 6) is -0.725. The first-order chi connectivity index (χ1) is 14.2. The Morgan fingerprint density at radius 1 is 1.26 bits per heavy atom. The average Bonchev–Trinajstić information content (AvgIpc) is 2.70. The number of amides is 1. The van der Waals surface area contributed by atoms with E-state index in [9.17, 15) is 22.7 Å². The van der Waals surface area contributed by atoms with Gasteiger partial charge in [0.15, 0.2) is 0 Å². The Bertz CT molecular complexity index is 999. The monoisotopic (exact) mass is 495 g/mol. The van der Waals surface area contributed by atoms with Crippen LogP contribution in [-0.4, -0.2) is 80.1 Å². The van der Waals surface area contributed by atoms with Crippen LogP contribution in [0.5, 0.6) is 5.75 Å². The van der Waals surface area contributed by atoms with Crippen LogP contribution >= 0.6 is 24.0 Å². The van der Waals surface area contributed by atoms with E-state index in [1.54, 1.807) is 0 Å². The highest BCUT2D eigenvalue weighted by Gasteiger charge is 2.39. The zero-order valence-corrected chi connectivity index (χ0v) is 19.0. The number of rotatable bonds is 4. The van der Waals surface area contributed by atoms with E-state index in [0.29, 0.717) is 31.7 Å². The lowest BCUT2D eigenvalue weighted by Crippen LogP contribution is -2.58. The van der Waals surface area contributed by atoms with Crippen LogP contribution < -0.4 is 10.1 Å². The van der Waals surface area contributed by atoms with Crippen molar-refractivity contribution in [2.75, 3.05) is 45.9 Å². The molecular formula is C19H24Cl2FN3O5S. The maximum absolute atomic E-state index is 13.8. The van der Waals surface area contributed by atoms with E-state index in [-0.39, 0.29) is 66.6 Å². The zero-order chi connectivity index (χ0) is 21.5. The molecule has 0 atom stereocenters. The van der Waals surface area contributed by atoms with Crippen LogP contribution in [0.15, 0.2) is 17.0 Å². The lowest BCUT2D eigenvalue weighted by atomic mass is 9.91. The standard InChI is InChI=1S/C19H23ClFN3O5S.ClH/c20-15-9-17-13(8-16(15)21)7-14(11-29-17)30(27,28)24-6-5-23(18(25)10-24)12-19(26)1-3-22-4-2-19;/h7-9,22,26H,1-6,10-12H2;1H. The molecule has 1 aromatic rings. The van der Waals surface area contributed by atoms with Crippen molar-refractivity contribution in [2.24, 2.45) is 0 Å². The first-order valence-corrected chi connectivity index (χ1v) is 11.5. The molecule has 0 spiro atoms. The number of nitrogens with one attached hydrogen (secondary N) is 1. The van der Waals surface area contributed by atoms with E-state index in [1.807, 2.05) is 0 Å². The normalized spacial score (nSPS) is 21.6. The smallest absolute Gasteiger partial charge is 0.243 e. The minimum absolute atomic E-state index is 0. The molecule has 0 saturated carbocycles. The van der Waals surface area contributed by atoms with Gasteiger partial charge < -0.3 is 20.1 Å². The first-order valence-electron chi connectivity index (χ1n) is 9.71. The van der Waals surface area contributed by atoms with Crippen molar-refractivity contribution < 1.29 is 27.4 Å². The Hall–Kier alpha value is -1.43. The molecule has 0 bridgehead atoms. The number of fused-ring (bicyclic) bond motifs is 1. The summed E-state index contributed by atoms with van der Waals surface area (Å²) in [6, 6.07) is 2.43. The van der Waals surface area contributed by atoms with Crippen LogP contribution in [0, 0.1) is 5.82 Å². The van der Waals surface area contributed by atoms with Crippen molar-refractivity contribution in [3.63, 3.8) is 0 Å². The average molecular weight is 496 g/mol. The molecule has 0 aromatic heterocycles. The Kier molecular flexibility index (Phi) is 7.19. The number of hydrogen-bond acceptors (Lipinski definition) is 6. The van der Waals surface area contributed by atoms with Crippen molar-refractivity contribution in [1.82, 2.24) is 14.5 Å². The topological polar surface area (TPSA) is 99.2 Å². The molecule has 31 heavy (non-hydrogen) atoms. The van der Waals surface area contributed by atoms with Crippen LogP contribution in [0.3, 0.4) is 0 Å². The maximum atomic E-state index is 13.8. The fraction of sp³-hybridized carbons (Fsp3) is 0.526. The quantitative estimate of drug-likeness (QED) is 0.651. The molecule has 3 aliphatic heterocycles. The number of piperidine rings is 1. The van der Waals surface area contributed by atoms with Gasteiger partial charge in [0, 0.05) is 31.3 Å². The molecule has 1 aromatic carbocycles. The summed E-state index contributed by atoms with van der Waals surface area (Å²) in [6.07, 6.45) is 2.44. The highest BCUT2D eigenvalue weighted by atomic mass is 35.5. The van der Waals surface area contributed by atoms with Crippen LogP contribution in [0.4, 0.5) is 4.39 Å².